The highest BCUT2D eigenvalue weighted by molar-refractivity contribution is 5.59. The fourth-order valence-electron chi connectivity index (χ4n) is 1.61. The Bertz CT molecular complexity index is 613. The lowest BCUT2D eigenvalue weighted by atomic mass is 10.2. The first-order chi connectivity index (χ1) is 9.56. The first-order valence-electron chi connectivity index (χ1n) is 5.63. The number of nitro groups is 2. The lowest BCUT2D eigenvalue weighted by Gasteiger charge is -2.06. The number of non-ortho nitro benzene ring substituents is 2. The van der Waals surface area contributed by atoms with Gasteiger partial charge in [0.25, 0.3) is 11.4 Å². The minimum Gasteiger partial charge on any atom is -0.380 e. The number of nitrogens with zero attached hydrogens (tertiary/aromatic N) is 3. The third-order valence-corrected chi connectivity index (χ3v) is 2.54. The smallest absolute Gasteiger partial charge is 0.278 e. The van der Waals surface area contributed by atoms with Crippen LogP contribution in [0.5, 0.6) is 0 Å². The molecule has 0 aliphatic heterocycles. The van der Waals surface area contributed by atoms with E-state index in [0.717, 1.165) is 11.6 Å². The van der Waals surface area contributed by atoms with Gasteiger partial charge in [-0.2, -0.15) is 0 Å². The van der Waals surface area contributed by atoms with E-state index in [1.54, 1.807) is 18.5 Å². The lowest BCUT2D eigenvalue weighted by Crippen LogP contribution is -2.01. The number of rotatable bonds is 5. The molecule has 8 nitrogen and oxygen atoms in total. The van der Waals surface area contributed by atoms with E-state index in [1.807, 2.05) is 6.07 Å². The molecule has 0 saturated carbocycles. The zero-order chi connectivity index (χ0) is 14.5. The van der Waals surface area contributed by atoms with Crippen LogP contribution in [0.1, 0.15) is 5.56 Å². The molecule has 1 N–H and O–H groups in total. The fraction of sp³-hybridized carbons (Fsp3) is 0.0833. The number of aromatic nitrogens is 1. The highest BCUT2D eigenvalue weighted by Crippen LogP contribution is 2.26. The van der Waals surface area contributed by atoms with E-state index in [-0.39, 0.29) is 11.4 Å². The first kappa shape index (κ1) is 13.4. The topological polar surface area (TPSA) is 111 Å². The summed E-state index contributed by atoms with van der Waals surface area (Å²) in [5.74, 6) is 0. The van der Waals surface area contributed by atoms with Crippen molar-refractivity contribution >= 4 is 17.1 Å². The van der Waals surface area contributed by atoms with Gasteiger partial charge in [-0.05, 0) is 11.6 Å². The van der Waals surface area contributed by atoms with E-state index in [1.165, 1.54) is 12.1 Å². The maximum absolute atomic E-state index is 10.7. The fourth-order valence-corrected chi connectivity index (χ4v) is 1.61. The molecule has 20 heavy (non-hydrogen) atoms. The molecule has 0 atom stereocenters. The third kappa shape index (κ3) is 3.25. The lowest BCUT2D eigenvalue weighted by molar-refractivity contribution is -0.394. The van der Waals surface area contributed by atoms with Crippen LogP contribution in [0.15, 0.2) is 42.7 Å². The van der Waals surface area contributed by atoms with Gasteiger partial charge in [-0.1, -0.05) is 6.07 Å². The van der Waals surface area contributed by atoms with Gasteiger partial charge in [0.1, 0.15) is 0 Å². The summed E-state index contributed by atoms with van der Waals surface area (Å²) in [5, 5.41) is 24.4. The summed E-state index contributed by atoms with van der Waals surface area (Å²) in [6, 6.07) is 7.01. The Hall–Kier alpha value is -3.03. The molecule has 102 valence electrons. The van der Waals surface area contributed by atoms with Crippen LogP contribution >= 0.6 is 0 Å². The van der Waals surface area contributed by atoms with Gasteiger partial charge in [0.2, 0.25) is 0 Å². The molecule has 1 aromatic carbocycles. The van der Waals surface area contributed by atoms with Crippen molar-refractivity contribution in [1.29, 1.82) is 0 Å². The Morgan fingerprint density at radius 3 is 2.25 bits per heavy atom. The van der Waals surface area contributed by atoms with Crippen LogP contribution < -0.4 is 5.32 Å². The second-order valence-corrected chi connectivity index (χ2v) is 3.97. The van der Waals surface area contributed by atoms with Crippen molar-refractivity contribution in [2.24, 2.45) is 0 Å². The standard InChI is InChI=1S/C12H10N4O4/c17-15(18)11-4-10(5-12(6-11)16(19)20)14-8-9-2-1-3-13-7-9/h1-7,14H,8H2. The van der Waals surface area contributed by atoms with E-state index in [4.69, 9.17) is 0 Å². The van der Waals surface area contributed by atoms with Gasteiger partial charge in [-0.15, -0.1) is 0 Å². The van der Waals surface area contributed by atoms with Crippen molar-refractivity contribution in [1.82, 2.24) is 4.98 Å². The quantitative estimate of drug-likeness (QED) is 0.662. The summed E-state index contributed by atoms with van der Waals surface area (Å²) < 4.78 is 0. The van der Waals surface area contributed by atoms with Crippen LogP contribution in [0.4, 0.5) is 17.1 Å². The van der Waals surface area contributed by atoms with Crippen molar-refractivity contribution in [3.05, 3.63) is 68.5 Å². The number of nitrogens with one attached hydrogen (secondary N) is 1. The van der Waals surface area contributed by atoms with Crippen LogP contribution in [-0.4, -0.2) is 14.8 Å². The summed E-state index contributed by atoms with van der Waals surface area (Å²) >= 11 is 0. The zero-order valence-electron chi connectivity index (χ0n) is 10.2. The van der Waals surface area contributed by atoms with Crippen LogP contribution in [0.2, 0.25) is 0 Å². The molecule has 2 rings (SSSR count). The molecule has 0 saturated heterocycles. The maximum Gasteiger partial charge on any atom is 0.278 e. The summed E-state index contributed by atoms with van der Waals surface area (Å²) in [6.07, 6.45) is 3.26. The van der Waals surface area contributed by atoms with Gasteiger partial charge in [0.15, 0.2) is 0 Å². The number of benzene rings is 1. The first-order valence-corrected chi connectivity index (χ1v) is 5.63. The zero-order valence-corrected chi connectivity index (χ0v) is 10.2. The predicted molar refractivity (Wildman–Crippen MR) is 71.3 cm³/mol. The van der Waals surface area contributed by atoms with Crippen molar-refractivity contribution in [3.8, 4) is 0 Å². The molecule has 2 aromatic rings. The molecule has 0 aliphatic rings. The van der Waals surface area contributed by atoms with Gasteiger partial charge in [0, 0.05) is 36.8 Å². The number of pyridine rings is 1. The summed E-state index contributed by atoms with van der Waals surface area (Å²) in [5.41, 5.74) is 0.525. The molecular formula is C12H10N4O4. The third-order valence-electron chi connectivity index (χ3n) is 2.54. The predicted octanol–water partition coefficient (Wildman–Crippen LogP) is 2.51. The number of hydrogen-bond donors (Lipinski definition) is 1. The highest BCUT2D eigenvalue weighted by Gasteiger charge is 2.16. The Morgan fingerprint density at radius 2 is 1.75 bits per heavy atom. The van der Waals surface area contributed by atoms with Gasteiger partial charge >= 0.3 is 0 Å². The molecule has 1 heterocycles. The second kappa shape index (κ2) is 5.74. The van der Waals surface area contributed by atoms with Crippen LogP contribution in [-0.2, 0) is 6.54 Å². The molecule has 0 spiro atoms. The van der Waals surface area contributed by atoms with Crippen LogP contribution in [0.3, 0.4) is 0 Å². The van der Waals surface area contributed by atoms with Crippen LogP contribution in [0, 0.1) is 20.2 Å². The average molecular weight is 274 g/mol. The number of nitro benzene ring substituents is 2. The summed E-state index contributed by atoms with van der Waals surface area (Å²) in [7, 11) is 0. The Morgan fingerprint density at radius 1 is 1.10 bits per heavy atom. The maximum atomic E-state index is 10.7. The number of hydrogen-bond acceptors (Lipinski definition) is 6. The Kier molecular flexibility index (Phi) is 3.85. The van der Waals surface area contributed by atoms with E-state index in [2.05, 4.69) is 10.3 Å². The molecule has 0 radical (unpaired) electrons. The largest absolute Gasteiger partial charge is 0.380 e. The SMILES string of the molecule is O=[N+]([O-])c1cc(NCc2cccnc2)cc([N+](=O)[O-])c1. The molecule has 0 unspecified atom stereocenters. The van der Waals surface area contributed by atoms with Gasteiger partial charge in [-0.3, -0.25) is 25.2 Å². The van der Waals surface area contributed by atoms with E-state index >= 15 is 0 Å². The normalized spacial score (nSPS) is 10.0. The second-order valence-electron chi connectivity index (χ2n) is 3.97. The monoisotopic (exact) mass is 274 g/mol. The van der Waals surface area contributed by atoms with Crippen molar-refractivity contribution in [2.45, 2.75) is 6.54 Å². The van der Waals surface area contributed by atoms with E-state index < -0.39 is 9.85 Å². The van der Waals surface area contributed by atoms with Gasteiger partial charge < -0.3 is 5.32 Å². The minimum absolute atomic E-state index is 0.315. The Labute approximate surface area is 113 Å². The van der Waals surface area contributed by atoms with E-state index in [0.29, 0.717) is 12.2 Å². The highest BCUT2D eigenvalue weighted by atomic mass is 16.6. The van der Waals surface area contributed by atoms with Crippen molar-refractivity contribution in [2.75, 3.05) is 5.32 Å². The summed E-state index contributed by atoms with van der Waals surface area (Å²) in [6.45, 7) is 0.367. The van der Waals surface area contributed by atoms with E-state index in [9.17, 15) is 20.2 Å². The summed E-state index contributed by atoms with van der Waals surface area (Å²) in [4.78, 5) is 24.1. The van der Waals surface area contributed by atoms with Crippen LogP contribution in [0.25, 0.3) is 0 Å². The average Bonchev–Trinajstić information content (AvgIpc) is 2.45. The van der Waals surface area contributed by atoms with Crippen molar-refractivity contribution in [3.63, 3.8) is 0 Å². The molecule has 8 heteroatoms. The Balaban J connectivity index is 2.22. The molecule has 0 fully saturated rings. The van der Waals surface area contributed by atoms with Crippen molar-refractivity contribution < 1.29 is 9.85 Å². The molecular weight excluding hydrogens is 264 g/mol. The molecule has 0 bridgehead atoms. The molecule has 0 amide bonds. The van der Waals surface area contributed by atoms with Gasteiger partial charge in [-0.25, -0.2) is 0 Å². The molecule has 1 aromatic heterocycles. The molecule has 0 aliphatic carbocycles. The number of anilines is 1. The minimum atomic E-state index is -0.664. The van der Waals surface area contributed by atoms with Gasteiger partial charge in [0.05, 0.1) is 15.9 Å².